The number of carbonyl (C=O) groups excluding carboxylic acids is 1. The van der Waals surface area contributed by atoms with Gasteiger partial charge in [0.1, 0.15) is 10.7 Å². The molecule has 4 N–H and O–H groups in total. The highest BCUT2D eigenvalue weighted by molar-refractivity contribution is 7.18. The van der Waals surface area contributed by atoms with Gasteiger partial charge in [0, 0.05) is 18.6 Å². The van der Waals surface area contributed by atoms with Crippen molar-refractivity contribution in [3.63, 3.8) is 0 Å². The molecule has 3 saturated heterocycles. The largest absolute Gasteiger partial charge is 0.382 e. The number of nitrogen functional groups attached to an aromatic ring is 1. The summed E-state index contributed by atoms with van der Waals surface area (Å²) in [4.78, 5) is 19.6. The molecule has 0 radical (unpaired) electrons. The number of hydrogen-bond acceptors (Lipinski definition) is 6. The van der Waals surface area contributed by atoms with Crippen LogP contribution < -0.4 is 16.4 Å². The predicted octanol–water partition coefficient (Wildman–Crippen LogP) is 1.37. The summed E-state index contributed by atoms with van der Waals surface area (Å²) in [5.74, 6) is 0.851. The molecule has 0 aromatic carbocycles. The first-order chi connectivity index (χ1) is 10.0. The number of hydrogen-bond donors (Lipinski definition) is 3. The van der Waals surface area contributed by atoms with Crippen LogP contribution in [0.5, 0.6) is 0 Å². The Bertz CT molecular complexity index is 521. The predicted molar refractivity (Wildman–Crippen MR) is 85.7 cm³/mol. The van der Waals surface area contributed by atoms with Crippen LogP contribution in [0.3, 0.4) is 0 Å². The second-order valence-electron chi connectivity index (χ2n) is 6.25. The number of nitrogens with zero attached hydrogens (tertiary/aromatic N) is 2. The van der Waals surface area contributed by atoms with Gasteiger partial charge >= 0.3 is 0 Å². The highest BCUT2D eigenvalue weighted by Gasteiger charge is 2.35. The molecule has 1 aromatic heterocycles. The number of fused-ring (bicyclic) bond motifs is 3. The molecule has 4 rings (SSSR count). The van der Waals surface area contributed by atoms with E-state index in [-0.39, 0.29) is 18.0 Å². The minimum absolute atomic E-state index is 0.0828. The summed E-state index contributed by atoms with van der Waals surface area (Å²) < 4.78 is 0. The summed E-state index contributed by atoms with van der Waals surface area (Å²) in [6.45, 7) is 7.37. The van der Waals surface area contributed by atoms with Crippen molar-refractivity contribution in [2.75, 3.05) is 30.7 Å². The summed E-state index contributed by atoms with van der Waals surface area (Å²) in [6.07, 6.45) is 2.37. The Morgan fingerprint density at radius 3 is 2.71 bits per heavy atom. The van der Waals surface area contributed by atoms with Crippen LogP contribution in [0.4, 0.5) is 10.9 Å². The summed E-state index contributed by atoms with van der Waals surface area (Å²) in [6, 6.07) is 0.524. The summed E-state index contributed by atoms with van der Waals surface area (Å²) in [5.41, 5.74) is 5.89. The molecule has 2 bridgehead atoms. The van der Waals surface area contributed by atoms with Gasteiger partial charge in [0.15, 0.2) is 5.13 Å². The minimum Gasteiger partial charge on any atom is -0.382 e. The van der Waals surface area contributed by atoms with E-state index in [2.05, 4.69) is 20.5 Å². The van der Waals surface area contributed by atoms with Gasteiger partial charge in [0.2, 0.25) is 0 Å². The molecule has 6 nitrogen and oxygen atoms in total. The standard InChI is InChI=1S/C14H23N5OS/c1-8(2)16-14-18-12(15)11(21-14)13(20)17-10-7-19-5-3-9(10)4-6-19/h8-10H,3-7,15H2,1-2H3,(H,16,18)(H,17,20). The molecule has 1 amide bonds. The third-order valence-corrected chi connectivity index (χ3v) is 5.25. The average Bonchev–Trinajstić information content (AvgIpc) is 2.80. The number of piperidine rings is 3. The monoisotopic (exact) mass is 309 g/mol. The summed E-state index contributed by atoms with van der Waals surface area (Å²) >= 11 is 1.33. The maximum Gasteiger partial charge on any atom is 0.265 e. The van der Waals surface area contributed by atoms with E-state index in [0.717, 1.165) is 6.54 Å². The van der Waals surface area contributed by atoms with Crippen molar-refractivity contribution in [2.45, 2.75) is 38.8 Å². The van der Waals surface area contributed by atoms with Crippen LogP contribution in [0.25, 0.3) is 0 Å². The van der Waals surface area contributed by atoms with Gasteiger partial charge in [-0.25, -0.2) is 4.98 Å². The van der Waals surface area contributed by atoms with Crippen molar-refractivity contribution in [3.8, 4) is 0 Å². The topological polar surface area (TPSA) is 83.3 Å². The van der Waals surface area contributed by atoms with E-state index < -0.39 is 0 Å². The quantitative estimate of drug-likeness (QED) is 0.782. The normalized spacial score (nSPS) is 27.9. The van der Waals surface area contributed by atoms with Gasteiger partial charge in [-0.1, -0.05) is 11.3 Å². The molecule has 3 fully saturated rings. The molecular formula is C14H23N5OS. The number of carbonyl (C=O) groups is 1. The number of rotatable bonds is 4. The second kappa shape index (κ2) is 5.81. The smallest absolute Gasteiger partial charge is 0.265 e. The first-order valence-electron chi connectivity index (χ1n) is 7.59. The second-order valence-corrected chi connectivity index (χ2v) is 7.25. The van der Waals surface area contributed by atoms with Gasteiger partial charge in [-0.3, -0.25) is 4.79 Å². The van der Waals surface area contributed by atoms with E-state index in [1.165, 1.54) is 37.3 Å². The third-order valence-electron chi connectivity index (χ3n) is 4.24. The third kappa shape index (κ3) is 3.13. The fourth-order valence-corrected chi connectivity index (χ4v) is 4.10. The summed E-state index contributed by atoms with van der Waals surface area (Å²) in [7, 11) is 0. The number of thiazole rings is 1. The van der Waals surface area contributed by atoms with Crippen LogP contribution in [0.1, 0.15) is 36.4 Å². The van der Waals surface area contributed by atoms with E-state index in [0.29, 0.717) is 21.7 Å². The lowest BCUT2D eigenvalue weighted by atomic mass is 9.84. The summed E-state index contributed by atoms with van der Waals surface area (Å²) in [5, 5.41) is 7.06. The van der Waals surface area contributed by atoms with Crippen LogP contribution in [-0.4, -0.2) is 47.5 Å². The zero-order chi connectivity index (χ0) is 15.0. The molecule has 0 spiro atoms. The van der Waals surface area contributed by atoms with E-state index in [1.807, 2.05) is 13.8 Å². The van der Waals surface area contributed by atoms with Gasteiger partial charge < -0.3 is 21.3 Å². The van der Waals surface area contributed by atoms with Gasteiger partial charge in [0.05, 0.1) is 0 Å². The molecule has 1 atom stereocenters. The Morgan fingerprint density at radius 1 is 1.43 bits per heavy atom. The molecule has 7 heteroatoms. The SMILES string of the molecule is CC(C)Nc1nc(N)c(C(=O)NC2CN3CCC2CC3)s1. The van der Waals surface area contributed by atoms with Crippen LogP contribution in [0, 0.1) is 5.92 Å². The maximum absolute atomic E-state index is 12.4. The fourth-order valence-electron chi connectivity index (χ4n) is 3.17. The Hall–Kier alpha value is -1.34. The molecule has 21 heavy (non-hydrogen) atoms. The zero-order valence-electron chi connectivity index (χ0n) is 12.6. The minimum atomic E-state index is -0.0828. The number of amides is 1. The molecule has 1 aromatic rings. The van der Waals surface area contributed by atoms with E-state index in [4.69, 9.17) is 5.73 Å². The lowest BCUT2D eigenvalue weighted by Crippen LogP contribution is -2.57. The molecule has 3 aliphatic heterocycles. The zero-order valence-corrected chi connectivity index (χ0v) is 13.4. The maximum atomic E-state index is 12.4. The first-order valence-corrected chi connectivity index (χ1v) is 8.40. The lowest BCUT2D eigenvalue weighted by Gasteiger charge is -2.44. The van der Waals surface area contributed by atoms with Gasteiger partial charge in [-0.05, 0) is 45.7 Å². The Morgan fingerprint density at radius 2 is 2.14 bits per heavy atom. The average molecular weight is 309 g/mol. The number of anilines is 2. The van der Waals surface area contributed by atoms with Gasteiger partial charge in [-0.15, -0.1) is 0 Å². The van der Waals surface area contributed by atoms with Gasteiger partial charge in [-0.2, -0.15) is 0 Å². The Labute approximate surface area is 129 Å². The Balaban J connectivity index is 1.66. The first kappa shape index (κ1) is 14.6. The number of aromatic nitrogens is 1. The van der Waals surface area contributed by atoms with E-state index in [9.17, 15) is 4.79 Å². The highest BCUT2D eigenvalue weighted by Crippen LogP contribution is 2.29. The number of nitrogens with two attached hydrogens (primary N) is 1. The van der Waals surface area contributed by atoms with Crippen molar-refractivity contribution >= 4 is 28.2 Å². The molecule has 1 unspecified atom stereocenters. The van der Waals surface area contributed by atoms with E-state index in [1.54, 1.807) is 0 Å². The molecule has 4 heterocycles. The van der Waals surface area contributed by atoms with Crippen molar-refractivity contribution in [1.82, 2.24) is 15.2 Å². The molecule has 116 valence electrons. The molecule has 0 aliphatic carbocycles. The number of nitrogens with one attached hydrogen (secondary N) is 2. The van der Waals surface area contributed by atoms with Crippen molar-refractivity contribution in [2.24, 2.45) is 5.92 Å². The molecule has 0 saturated carbocycles. The van der Waals surface area contributed by atoms with E-state index >= 15 is 0 Å². The fraction of sp³-hybridized carbons (Fsp3) is 0.714. The van der Waals surface area contributed by atoms with Crippen molar-refractivity contribution < 1.29 is 4.79 Å². The molecule has 3 aliphatic rings. The van der Waals surface area contributed by atoms with Crippen LogP contribution in [0.2, 0.25) is 0 Å². The van der Waals surface area contributed by atoms with Crippen LogP contribution >= 0.6 is 11.3 Å². The lowest BCUT2D eigenvalue weighted by molar-refractivity contribution is 0.0623. The van der Waals surface area contributed by atoms with Crippen LogP contribution in [0.15, 0.2) is 0 Å². The van der Waals surface area contributed by atoms with Gasteiger partial charge in [0.25, 0.3) is 5.91 Å². The van der Waals surface area contributed by atoms with Crippen LogP contribution in [-0.2, 0) is 0 Å². The van der Waals surface area contributed by atoms with Crippen molar-refractivity contribution in [1.29, 1.82) is 0 Å². The van der Waals surface area contributed by atoms with Crippen molar-refractivity contribution in [3.05, 3.63) is 4.88 Å². The molecular weight excluding hydrogens is 286 g/mol. The highest BCUT2D eigenvalue weighted by atomic mass is 32.1. The Kier molecular flexibility index (Phi) is 4.03.